The van der Waals surface area contributed by atoms with E-state index in [-0.39, 0.29) is 18.6 Å². The first-order chi connectivity index (χ1) is 9.72. The minimum atomic E-state index is -1.11. The van der Waals surface area contributed by atoms with Crippen LogP contribution in [0.1, 0.15) is 35.4 Å². The lowest BCUT2D eigenvalue weighted by Crippen LogP contribution is -2.24. The van der Waals surface area contributed by atoms with Crippen LogP contribution in [0.3, 0.4) is 0 Å². The van der Waals surface area contributed by atoms with Crippen molar-refractivity contribution in [2.45, 2.75) is 38.7 Å². The van der Waals surface area contributed by atoms with E-state index in [1.807, 2.05) is 0 Å². The molecule has 1 saturated heterocycles. The fourth-order valence-corrected chi connectivity index (χ4v) is 2.07. The Labute approximate surface area is 116 Å². The monoisotopic (exact) mass is 285 g/mol. The van der Waals surface area contributed by atoms with Gasteiger partial charge >= 0.3 is 5.97 Å². The lowest BCUT2D eigenvalue weighted by atomic mass is 10.2. The molecule has 8 nitrogen and oxygen atoms in total. The standard InChI is InChI=1S/C12H19N3O5/c1-18-8-9-11(12(16)17)13-14-15(9)5-7-20-10-4-2-3-6-19-10/h10H,2-8H2,1H3,(H,16,17). The highest BCUT2D eigenvalue weighted by atomic mass is 16.7. The van der Waals surface area contributed by atoms with Crippen molar-refractivity contribution in [2.75, 3.05) is 20.3 Å². The first kappa shape index (κ1) is 14.9. The van der Waals surface area contributed by atoms with Crippen molar-refractivity contribution >= 4 is 5.97 Å². The summed E-state index contributed by atoms with van der Waals surface area (Å²) in [5.74, 6) is -1.11. The molecule has 2 heterocycles. The van der Waals surface area contributed by atoms with Crippen molar-refractivity contribution in [2.24, 2.45) is 0 Å². The van der Waals surface area contributed by atoms with Crippen molar-refractivity contribution < 1.29 is 24.1 Å². The summed E-state index contributed by atoms with van der Waals surface area (Å²) in [6, 6.07) is 0. The Morgan fingerprint density at radius 3 is 3.05 bits per heavy atom. The largest absolute Gasteiger partial charge is 0.476 e. The van der Waals surface area contributed by atoms with E-state index in [2.05, 4.69) is 10.3 Å². The zero-order valence-corrected chi connectivity index (χ0v) is 11.4. The van der Waals surface area contributed by atoms with Gasteiger partial charge in [0.15, 0.2) is 12.0 Å². The van der Waals surface area contributed by atoms with Crippen LogP contribution >= 0.6 is 0 Å². The number of carboxylic acids is 1. The van der Waals surface area contributed by atoms with Gasteiger partial charge in [0.1, 0.15) is 0 Å². The van der Waals surface area contributed by atoms with Crippen LogP contribution in [0, 0.1) is 0 Å². The Morgan fingerprint density at radius 1 is 1.55 bits per heavy atom. The van der Waals surface area contributed by atoms with Crippen LogP contribution in [0.25, 0.3) is 0 Å². The second kappa shape index (κ2) is 7.32. The van der Waals surface area contributed by atoms with Crippen LogP contribution in [-0.4, -0.2) is 52.7 Å². The van der Waals surface area contributed by atoms with Crippen molar-refractivity contribution in [1.29, 1.82) is 0 Å². The summed E-state index contributed by atoms with van der Waals surface area (Å²) < 4.78 is 17.5. The number of hydrogen-bond acceptors (Lipinski definition) is 6. The maximum atomic E-state index is 11.0. The minimum Gasteiger partial charge on any atom is -0.476 e. The number of carboxylic acid groups (broad SMARTS) is 1. The van der Waals surface area contributed by atoms with Gasteiger partial charge in [-0.25, -0.2) is 9.48 Å². The molecule has 112 valence electrons. The number of ether oxygens (including phenoxy) is 3. The topological polar surface area (TPSA) is 95.7 Å². The van der Waals surface area contributed by atoms with E-state index >= 15 is 0 Å². The summed E-state index contributed by atoms with van der Waals surface area (Å²) >= 11 is 0. The number of rotatable bonds is 7. The van der Waals surface area contributed by atoms with E-state index in [9.17, 15) is 4.79 Å². The third-order valence-corrected chi connectivity index (χ3v) is 3.07. The average Bonchev–Trinajstić information content (AvgIpc) is 2.84. The molecule has 1 N–H and O–H groups in total. The first-order valence-corrected chi connectivity index (χ1v) is 6.60. The molecular formula is C12H19N3O5. The number of methoxy groups -OCH3 is 1. The molecule has 20 heavy (non-hydrogen) atoms. The van der Waals surface area contributed by atoms with Gasteiger partial charge in [0, 0.05) is 13.7 Å². The van der Waals surface area contributed by atoms with E-state index in [0.29, 0.717) is 18.8 Å². The van der Waals surface area contributed by atoms with E-state index in [0.717, 1.165) is 25.9 Å². The molecule has 8 heteroatoms. The molecule has 0 amide bonds. The molecular weight excluding hydrogens is 266 g/mol. The molecule has 1 aliphatic heterocycles. The summed E-state index contributed by atoms with van der Waals surface area (Å²) in [4.78, 5) is 11.0. The Balaban J connectivity index is 1.89. The lowest BCUT2D eigenvalue weighted by Gasteiger charge is -2.22. The number of aromatic carboxylic acids is 1. The van der Waals surface area contributed by atoms with E-state index in [1.54, 1.807) is 0 Å². The molecule has 1 aliphatic rings. The molecule has 0 aromatic carbocycles. The van der Waals surface area contributed by atoms with E-state index in [4.69, 9.17) is 19.3 Å². The van der Waals surface area contributed by atoms with Gasteiger partial charge < -0.3 is 19.3 Å². The third kappa shape index (κ3) is 3.75. The van der Waals surface area contributed by atoms with Gasteiger partial charge in [0.25, 0.3) is 0 Å². The average molecular weight is 285 g/mol. The van der Waals surface area contributed by atoms with E-state index in [1.165, 1.54) is 11.8 Å². The number of nitrogens with zero attached hydrogens (tertiary/aromatic N) is 3. The highest BCUT2D eigenvalue weighted by Crippen LogP contribution is 2.14. The number of aromatic nitrogens is 3. The summed E-state index contributed by atoms with van der Waals surface area (Å²) in [6.45, 7) is 1.68. The van der Waals surface area contributed by atoms with Crippen molar-refractivity contribution in [3.8, 4) is 0 Å². The van der Waals surface area contributed by atoms with E-state index < -0.39 is 5.97 Å². The maximum Gasteiger partial charge on any atom is 0.358 e. The summed E-state index contributed by atoms with van der Waals surface area (Å²) in [5, 5.41) is 16.5. The summed E-state index contributed by atoms with van der Waals surface area (Å²) in [7, 11) is 1.50. The van der Waals surface area contributed by atoms with Gasteiger partial charge in [0.05, 0.1) is 25.5 Å². The molecule has 1 aromatic heterocycles. The molecule has 1 unspecified atom stereocenters. The van der Waals surface area contributed by atoms with Gasteiger partial charge in [0.2, 0.25) is 0 Å². The SMILES string of the molecule is COCc1c(C(=O)O)nnn1CCOC1CCCCO1. The summed E-state index contributed by atoms with van der Waals surface area (Å²) in [6.07, 6.45) is 2.90. The Bertz CT molecular complexity index is 442. The number of hydrogen-bond donors (Lipinski definition) is 1. The molecule has 0 radical (unpaired) electrons. The fourth-order valence-electron chi connectivity index (χ4n) is 2.07. The zero-order valence-electron chi connectivity index (χ0n) is 11.4. The van der Waals surface area contributed by atoms with Gasteiger partial charge in [-0.3, -0.25) is 0 Å². The molecule has 1 aromatic rings. The van der Waals surface area contributed by atoms with Crippen molar-refractivity contribution in [3.63, 3.8) is 0 Å². The highest BCUT2D eigenvalue weighted by molar-refractivity contribution is 5.86. The van der Waals surface area contributed by atoms with Crippen molar-refractivity contribution in [3.05, 3.63) is 11.4 Å². The molecule has 1 atom stereocenters. The molecule has 0 bridgehead atoms. The Hall–Kier alpha value is -1.51. The van der Waals surface area contributed by atoms with Gasteiger partial charge in [-0.2, -0.15) is 0 Å². The second-order valence-electron chi connectivity index (χ2n) is 4.51. The normalized spacial score (nSPS) is 19.1. The fraction of sp³-hybridized carbons (Fsp3) is 0.750. The molecule has 0 saturated carbocycles. The predicted molar refractivity (Wildman–Crippen MR) is 67.2 cm³/mol. The predicted octanol–water partition coefficient (Wildman–Crippen LogP) is 0.666. The first-order valence-electron chi connectivity index (χ1n) is 6.60. The quantitative estimate of drug-likeness (QED) is 0.786. The van der Waals surface area contributed by atoms with Crippen LogP contribution in [0.5, 0.6) is 0 Å². The number of carbonyl (C=O) groups is 1. The summed E-state index contributed by atoms with van der Waals surface area (Å²) in [5.41, 5.74) is 0.355. The Kier molecular flexibility index (Phi) is 5.45. The van der Waals surface area contributed by atoms with Crippen LogP contribution < -0.4 is 0 Å². The minimum absolute atomic E-state index is 0.0826. The maximum absolute atomic E-state index is 11.0. The van der Waals surface area contributed by atoms with Gasteiger partial charge in [-0.05, 0) is 19.3 Å². The van der Waals surface area contributed by atoms with Gasteiger partial charge in [-0.15, -0.1) is 5.10 Å². The van der Waals surface area contributed by atoms with Gasteiger partial charge in [-0.1, -0.05) is 5.21 Å². The van der Waals surface area contributed by atoms with Crippen LogP contribution in [0.2, 0.25) is 0 Å². The second-order valence-corrected chi connectivity index (χ2v) is 4.51. The molecule has 2 rings (SSSR count). The molecule has 0 aliphatic carbocycles. The molecule has 1 fully saturated rings. The van der Waals surface area contributed by atoms with Crippen LogP contribution in [0.4, 0.5) is 0 Å². The lowest BCUT2D eigenvalue weighted by molar-refractivity contribution is -0.164. The Morgan fingerprint density at radius 2 is 2.40 bits per heavy atom. The zero-order chi connectivity index (χ0) is 14.4. The third-order valence-electron chi connectivity index (χ3n) is 3.07. The smallest absolute Gasteiger partial charge is 0.358 e. The van der Waals surface area contributed by atoms with Crippen LogP contribution in [0.15, 0.2) is 0 Å². The van der Waals surface area contributed by atoms with Crippen molar-refractivity contribution in [1.82, 2.24) is 15.0 Å². The molecule has 0 spiro atoms. The highest BCUT2D eigenvalue weighted by Gasteiger charge is 2.19. The van der Waals surface area contributed by atoms with Crippen LogP contribution in [-0.2, 0) is 27.4 Å².